The number of amides is 1. The summed E-state index contributed by atoms with van der Waals surface area (Å²) in [5.74, 6) is 1.40. The fourth-order valence-electron chi connectivity index (χ4n) is 2.95. The predicted octanol–water partition coefficient (Wildman–Crippen LogP) is 2.30. The highest BCUT2D eigenvalue weighted by atomic mass is 16.5. The Kier molecular flexibility index (Phi) is 5.23. The van der Waals surface area contributed by atoms with Crippen LogP contribution in [0.15, 0.2) is 24.3 Å². The largest absolute Gasteiger partial charge is 0.497 e. The van der Waals surface area contributed by atoms with Crippen LogP contribution in [0.2, 0.25) is 0 Å². The first-order chi connectivity index (χ1) is 10.1. The Hall–Kier alpha value is -1.55. The second-order valence-corrected chi connectivity index (χ2v) is 6.20. The van der Waals surface area contributed by atoms with Gasteiger partial charge in [0, 0.05) is 0 Å². The molecule has 21 heavy (non-hydrogen) atoms. The summed E-state index contributed by atoms with van der Waals surface area (Å²) in [4.78, 5) is 12.3. The summed E-state index contributed by atoms with van der Waals surface area (Å²) in [6.07, 6.45) is 4.14. The maximum absolute atomic E-state index is 12.3. The minimum Gasteiger partial charge on any atom is -0.497 e. The van der Waals surface area contributed by atoms with Crippen LogP contribution in [0.1, 0.15) is 38.2 Å². The molecule has 4 nitrogen and oxygen atoms in total. The van der Waals surface area contributed by atoms with Gasteiger partial charge in [-0.1, -0.05) is 19.1 Å². The Balaban J connectivity index is 1.96. The topological polar surface area (TPSA) is 58.6 Å². The molecule has 1 aliphatic rings. The van der Waals surface area contributed by atoms with Gasteiger partial charge in [0.15, 0.2) is 0 Å². The average molecular weight is 291 g/mol. The summed E-state index contributed by atoms with van der Waals surface area (Å²) in [5.41, 5.74) is 0.492. The molecule has 0 unspecified atom stereocenters. The number of carbonyl (C=O) groups excluding carboxylic acids is 1. The minimum atomic E-state index is -0.428. The number of hydrogen-bond donors (Lipinski definition) is 2. The number of aliphatic hydroxyl groups is 1. The highest BCUT2D eigenvalue weighted by Crippen LogP contribution is 2.31. The first kappa shape index (κ1) is 15.8. The van der Waals surface area contributed by atoms with E-state index in [1.165, 1.54) is 0 Å². The average Bonchev–Trinajstić information content (AvgIpc) is 2.50. The molecule has 0 aliphatic heterocycles. The van der Waals surface area contributed by atoms with Crippen molar-refractivity contribution in [3.63, 3.8) is 0 Å². The minimum absolute atomic E-state index is 0.0174. The molecule has 0 atom stereocenters. The Morgan fingerprint density at radius 3 is 2.76 bits per heavy atom. The van der Waals surface area contributed by atoms with Crippen LogP contribution in [0, 0.1) is 5.92 Å². The highest BCUT2D eigenvalue weighted by molar-refractivity contribution is 5.79. The third-order valence-electron chi connectivity index (χ3n) is 4.44. The lowest BCUT2D eigenvalue weighted by Gasteiger charge is -2.38. The molecule has 1 fully saturated rings. The van der Waals surface area contributed by atoms with Crippen molar-refractivity contribution in [1.29, 1.82) is 0 Å². The van der Waals surface area contributed by atoms with Crippen molar-refractivity contribution in [3.8, 4) is 5.75 Å². The van der Waals surface area contributed by atoms with E-state index in [0.717, 1.165) is 37.0 Å². The van der Waals surface area contributed by atoms with Crippen LogP contribution in [0.5, 0.6) is 5.75 Å². The lowest BCUT2D eigenvalue weighted by Crippen LogP contribution is -2.53. The van der Waals surface area contributed by atoms with Crippen LogP contribution in [0.4, 0.5) is 0 Å². The molecular weight excluding hydrogens is 266 g/mol. The summed E-state index contributed by atoms with van der Waals surface area (Å²) < 4.78 is 5.17. The van der Waals surface area contributed by atoms with Crippen molar-refractivity contribution >= 4 is 5.91 Å². The molecule has 4 heteroatoms. The zero-order valence-electron chi connectivity index (χ0n) is 12.9. The van der Waals surface area contributed by atoms with Crippen molar-refractivity contribution in [2.45, 2.75) is 44.6 Å². The zero-order chi connectivity index (χ0) is 15.3. The van der Waals surface area contributed by atoms with Gasteiger partial charge in [-0.2, -0.15) is 0 Å². The van der Waals surface area contributed by atoms with Crippen LogP contribution in [0.3, 0.4) is 0 Å². The van der Waals surface area contributed by atoms with E-state index in [0.29, 0.717) is 12.3 Å². The quantitative estimate of drug-likeness (QED) is 0.875. The first-order valence-corrected chi connectivity index (χ1v) is 7.62. The van der Waals surface area contributed by atoms with Crippen LogP contribution >= 0.6 is 0 Å². The normalized spacial score (nSPS) is 25.4. The van der Waals surface area contributed by atoms with Gasteiger partial charge in [0.2, 0.25) is 5.91 Å². The Labute approximate surface area is 126 Å². The highest BCUT2D eigenvalue weighted by Gasteiger charge is 2.34. The molecule has 2 N–H and O–H groups in total. The number of nitrogens with one attached hydrogen (secondary N) is 1. The maximum Gasteiger partial charge on any atom is 0.224 e. The fourth-order valence-corrected chi connectivity index (χ4v) is 2.95. The van der Waals surface area contributed by atoms with E-state index in [4.69, 9.17) is 4.74 Å². The predicted molar refractivity (Wildman–Crippen MR) is 82.3 cm³/mol. The van der Waals surface area contributed by atoms with Crippen LogP contribution in [0.25, 0.3) is 0 Å². The van der Waals surface area contributed by atoms with Crippen molar-refractivity contribution in [2.75, 3.05) is 13.7 Å². The van der Waals surface area contributed by atoms with E-state index in [-0.39, 0.29) is 12.5 Å². The van der Waals surface area contributed by atoms with Gasteiger partial charge in [0.1, 0.15) is 5.75 Å². The molecular formula is C17H25NO3. The number of aliphatic hydroxyl groups excluding tert-OH is 1. The maximum atomic E-state index is 12.3. The van der Waals surface area contributed by atoms with Gasteiger partial charge in [-0.3, -0.25) is 4.79 Å². The second-order valence-electron chi connectivity index (χ2n) is 6.20. The smallest absolute Gasteiger partial charge is 0.224 e. The molecule has 1 aliphatic carbocycles. The van der Waals surface area contributed by atoms with E-state index in [2.05, 4.69) is 12.2 Å². The molecule has 1 saturated carbocycles. The van der Waals surface area contributed by atoms with Crippen LogP contribution in [-0.2, 0) is 11.2 Å². The molecule has 1 amide bonds. The molecule has 0 aromatic heterocycles. The molecule has 1 aromatic carbocycles. The number of ether oxygens (including phenoxy) is 1. The summed E-state index contributed by atoms with van der Waals surface area (Å²) in [6.45, 7) is 2.24. The first-order valence-electron chi connectivity index (χ1n) is 7.62. The fraction of sp³-hybridized carbons (Fsp3) is 0.588. The van der Waals surface area contributed by atoms with Crippen molar-refractivity contribution in [2.24, 2.45) is 5.92 Å². The standard InChI is InChI=1S/C17H25NO3/c1-13-6-8-17(12-19,9-7-13)18-16(20)11-14-4-3-5-15(10-14)21-2/h3-5,10,13,19H,6-9,11-12H2,1-2H3,(H,18,20). The van der Waals surface area contributed by atoms with E-state index in [1.54, 1.807) is 7.11 Å². The lowest BCUT2D eigenvalue weighted by molar-refractivity contribution is -0.123. The Morgan fingerprint density at radius 2 is 2.14 bits per heavy atom. The molecule has 1 aromatic rings. The number of rotatable bonds is 5. The zero-order valence-corrected chi connectivity index (χ0v) is 12.9. The molecule has 0 radical (unpaired) electrons. The van der Waals surface area contributed by atoms with Gasteiger partial charge in [-0.15, -0.1) is 0 Å². The second kappa shape index (κ2) is 6.94. The van der Waals surface area contributed by atoms with Crippen molar-refractivity contribution in [1.82, 2.24) is 5.32 Å². The van der Waals surface area contributed by atoms with Gasteiger partial charge in [0.05, 0.1) is 25.7 Å². The van der Waals surface area contributed by atoms with E-state index in [9.17, 15) is 9.90 Å². The molecule has 0 bridgehead atoms. The molecule has 0 saturated heterocycles. The van der Waals surface area contributed by atoms with E-state index in [1.807, 2.05) is 24.3 Å². The lowest BCUT2D eigenvalue weighted by atomic mass is 9.77. The number of hydrogen-bond acceptors (Lipinski definition) is 3. The molecule has 0 heterocycles. The van der Waals surface area contributed by atoms with Crippen LogP contribution in [-0.4, -0.2) is 30.3 Å². The van der Waals surface area contributed by atoms with Crippen LogP contribution < -0.4 is 10.1 Å². The van der Waals surface area contributed by atoms with Gasteiger partial charge >= 0.3 is 0 Å². The monoisotopic (exact) mass is 291 g/mol. The third-order valence-corrected chi connectivity index (χ3v) is 4.44. The van der Waals surface area contributed by atoms with E-state index >= 15 is 0 Å². The molecule has 2 rings (SSSR count). The Morgan fingerprint density at radius 1 is 1.43 bits per heavy atom. The Bertz CT molecular complexity index is 479. The van der Waals surface area contributed by atoms with Crippen molar-refractivity contribution < 1.29 is 14.6 Å². The molecule has 116 valence electrons. The van der Waals surface area contributed by atoms with E-state index < -0.39 is 5.54 Å². The van der Waals surface area contributed by atoms with Crippen molar-refractivity contribution in [3.05, 3.63) is 29.8 Å². The van der Waals surface area contributed by atoms with Gasteiger partial charge in [0.25, 0.3) is 0 Å². The van der Waals surface area contributed by atoms with Gasteiger partial charge < -0.3 is 15.2 Å². The summed E-state index contributed by atoms with van der Waals surface area (Å²) >= 11 is 0. The molecule has 0 spiro atoms. The number of carbonyl (C=O) groups is 1. The number of benzene rings is 1. The third kappa shape index (κ3) is 4.21. The summed E-state index contributed by atoms with van der Waals surface area (Å²) in [7, 11) is 1.61. The number of methoxy groups -OCH3 is 1. The van der Waals surface area contributed by atoms with Gasteiger partial charge in [-0.25, -0.2) is 0 Å². The SMILES string of the molecule is COc1cccc(CC(=O)NC2(CO)CCC(C)CC2)c1. The van der Waals surface area contributed by atoms with Gasteiger partial charge in [-0.05, 0) is 49.3 Å². The summed E-state index contributed by atoms with van der Waals surface area (Å²) in [5, 5.41) is 12.7. The summed E-state index contributed by atoms with van der Waals surface area (Å²) in [6, 6.07) is 7.52.